The van der Waals surface area contributed by atoms with E-state index in [2.05, 4.69) is 10.3 Å². The fourth-order valence-electron chi connectivity index (χ4n) is 1.73. The first kappa shape index (κ1) is 11.3. The molecule has 1 aromatic heterocycles. The van der Waals surface area contributed by atoms with E-state index in [1.54, 1.807) is 6.20 Å². The average Bonchev–Trinajstić information content (AvgIpc) is 2.30. The van der Waals surface area contributed by atoms with E-state index >= 15 is 0 Å². The van der Waals surface area contributed by atoms with Gasteiger partial charge in [0.1, 0.15) is 0 Å². The number of aryl methyl sites for hydroxylation is 1. The van der Waals surface area contributed by atoms with Crippen LogP contribution < -0.4 is 5.32 Å². The summed E-state index contributed by atoms with van der Waals surface area (Å²) in [5.74, 6) is -0.0599. The highest BCUT2D eigenvalue weighted by molar-refractivity contribution is 5.89. The summed E-state index contributed by atoms with van der Waals surface area (Å²) in [7, 11) is 0. The Bertz CT molecular complexity index is 532. The van der Waals surface area contributed by atoms with Crippen LogP contribution in [0, 0.1) is 6.92 Å². The predicted molar refractivity (Wildman–Crippen MR) is 68.7 cm³/mol. The molecule has 2 rings (SSSR count). The van der Waals surface area contributed by atoms with Gasteiger partial charge in [-0.3, -0.25) is 9.78 Å². The quantitative estimate of drug-likeness (QED) is 0.855. The first-order valence-corrected chi connectivity index (χ1v) is 5.46. The van der Waals surface area contributed by atoms with Crippen molar-refractivity contribution in [3.05, 3.63) is 48.3 Å². The van der Waals surface area contributed by atoms with Crippen molar-refractivity contribution in [2.45, 2.75) is 13.8 Å². The summed E-state index contributed by atoms with van der Waals surface area (Å²) in [6.45, 7) is 3.48. The zero-order chi connectivity index (χ0) is 12.3. The molecule has 1 heterocycles. The minimum Gasteiger partial charge on any atom is -0.326 e. The molecule has 1 amide bonds. The number of nitrogens with zero attached hydrogens (tertiary/aromatic N) is 1. The maximum Gasteiger partial charge on any atom is 0.221 e. The Hall–Kier alpha value is -2.16. The average molecular weight is 226 g/mol. The van der Waals surface area contributed by atoms with Crippen LogP contribution in [0.4, 0.5) is 5.69 Å². The lowest BCUT2D eigenvalue weighted by Crippen LogP contribution is -2.05. The molecule has 0 saturated carbocycles. The van der Waals surface area contributed by atoms with Gasteiger partial charge in [0, 0.05) is 30.1 Å². The Balaban J connectivity index is 2.30. The third-order valence-corrected chi connectivity index (χ3v) is 2.52. The number of hydrogen-bond donors (Lipinski definition) is 1. The van der Waals surface area contributed by atoms with Crippen molar-refractivity contribution >= 4 is 11.6 Å². The zero-order valence-electron chi connectivity index (χ0n) is 9.90. The van der Waals surface area contributed by atoms with E-state index in [1.165, 1.54) is 6.92 Å². The van der Waals surface area contributed by atoms with Gasteiger partial charge in [0.15, 0.2) is 0 Å². The van der Waals surface area contributed by atoms with Crippen LogP contribution in [0.1, 0.15) is 12.6 Å². The third kappa shape index (κ3) is 2.69. The van der Waals surface area contributed by atoms with Crippen molar-refractivity contribution in [3.8, 4) is 11.1 Å². The molecule has 0 atom stereocenters. The summed E-state index contributed by atoms with van der Waals surface area (Å²) < 4.78 is 0. The van der Waals surface area contributed by atoms with Gasteiger partial charge in [0.25, 0.3) is 0 Å². The lowest BCUT2D eigenvalue weighted by Gasteiger charge is -2.06. The lowest BCUT2D eigenvalue weighted by molar-refractivity contribution is -0.114. The monoisotopic (exact) mass is 226 g/mol. The molecule has 0 aliphatic heterocycles. The largest absolute Gasteiger partial charge is 0.326 e. The van der Waals surface area contributed by atoms with Gasteiger partial charge >= 0.3 is 0 Å². The molecule has 0 fully saturated rings. The molecule has 0 aliphatic carbocycles. The smallest absolute Gasteiger partial charge is 0.221 e. The summed E-state index contributed by atoms with van der Waals surface area (Å²) in [6, 6.07) is 11.7. The first-order valence-electron chi connectivity index (χ1n) is 5.46. The second-order valence-corrected chi connectivity index (χ2v) is 3.89. The van der Waals surface area contributed by atoms with Crippen LogP contribution >= 0.6 is 0 Å². The molecule has 0 spiro atoms. The van der Waals surface area contributed by atoms with E-state index < -0.39 is 0 Å². The van der Waals surface area contributed by atoms with Gasteiger partial charge in [0.2, 0.25) is 5.91 Å². The highest BCUT2D eigenvalue weighted by atomic mass is 16.1. The molecule has 2 aromatic rings. The van der Waals surface area contributed by atoms with Crippen LogP contribution in [0.3, 0.4) is 0 Å². The maximum atomic E-state index is 10.9. The normalized spacial score (nSPS) is 10.0. The zero-order valence-corrected chi connectivity index (χ0v) is 9.90. The van der Waals surface area contributed by atoms with Gasteiger partial charge in [-0.15, -0.1) is 0 Å². The van der Waals surface area contributed by atoms with Crippen molar-refractivity contribution < 1.29 is 4.79 Å². The van der Waals surface area contributed by atoms with E-state index in [0.29, 0.717) is 0 Å². The van der Waals surface area contributed by atoms with Crippen molar-refractivity contribution in [2.75, 3.05) is 5.32 Å². The fraction of sp³-hybridized carbons (Fsp3) is 0.143. The maximum absolute atomic E-state index is 10.9. The predicted octanol–water partition coefficient (Wildman–Crippen LogP) is 3.02. The fourth-order valence-corrected chi connectivity index (χ4v) is 1.73. The molecule has 0 unspecified atom stereocenters. The molecular formula is C14H14N2O. The molecule has 17 heavy (non-hydrogen) atoms. The molecule has 1 N–H and O–H groups in total. The number of amides is 1. The van der Waals surface area contributed by atoms with Crippen molar-refractivity contribution in [1.29, 1.82) is 0 Å². The minimum absolute atomic E-state index is 0.0599. The highest BCUT2D eigenvalue weighted by Gasteiger charge is 2.02. The van der Waals surface area contributed by atoms with Gasteiger partial charge in [-0.1, -0.05) is 18.2 Å². The lowest BCUT2D eigenvalue weighted by atomic mass is 10.0. The van der Waals surface area contributed by atoms with Gasteiger partial charge in [-0.2, -0.15) is 0 Å². The second kappa shape index (κ2) is 4.78. The second-order valence-electron chi connectivity index (χ2n) is 3.89. The summed E-state index contributed by atoms with van der Waals surface area (Å²) in [4.78, 5) is 15.2. The molecule has 3 nitrogen and oxygen atoms in total. The molecule has 0 saturated heterocycles. The van der Waals surface area contributed by atoms with Crippen molar-refractivity contribution in [3.63, 3.8) is 0 Å². The Kier molecular flexibility index (Phi) is 3.19. The molecule has 0 aliphatic rings. The van der Waals surface area contributed by atoms with Crippen LogP contribution in [0.5, 0.6) is 0 Å². The third-order valence-electron chi connectivity index (χ3n) is 2.52. The Labute approximate surface area is 101 Å². The number of nitrogens with one attached hydrogen (secondary N) is 1. The number of anilines is 1. The van der Waals surface area contributed by atoms with E-state index in [1.807, 2.05) is 43.3 Å². The van der Waals surface area contributed by atoms with Crippen LogP contribution in [0.2, 0.25) is 0 Å². The van der Waals surface area contributed by atoms with Crippen LogP contribution in [0.15, 0.2) is 42.6 Å². The Morgan fingerprint density at radius 1 is 1.18 bits per heavy atom. The molecule has 0 bridgehead atoms. The molecule has 3 heteroatoms. The molecule has 86 valence electrons. The van der Waals surface area contributed by atoms with E-state index in [9.17, 15) is 4.79 Å². The number of benzene rings is 1. The van der Waals surface area contributed by atoms with Gasteiger partial charge in [-0.25, -0.2) is 0 Å². The highest BCUT2D eigenvalue weighted by Crippen LogP contribution is 2.23. The number of aromatic nitrogens is 1. The number of carbonyl (C=O) groups is 1. The van der Waals surface area contributed by atoms with Crippen molar-refractivity contribution in [1.82, 2.24) is 4.98 Å². The summed E-state index contributed by atoms with van der Waals surface area (Å²) in [5, 5.41) is 2.74. The standard InChI is InChI=1S/C14H14N2O/c1-10-14(4-3-9-15-10)12-5-7-13(8-6-12)16-11(2)17/h3-9H,1-2H3,(H,16,17). The van der Waals surface area contributed by atoms with Crippen LogP contribution in [-0.2, 0) is 4.79 Å². The van der Waals surface area contributed by atoms with E-state index in [-0.39, 0.29) is 5.91 Å². The topological polar surface area (TPSA) is 42.0 Å². The van der Waals surface area contributed by atoms with E-state index in [4.69, 9.17) is 0 Å². The van der Waals surface area contributed by atoms with Gasteiger partial charge in [-0.05, 0) is 30.7 Å². The summed E-state index contributed by atoms with van der Waals surface area (Å²) in [6.07, 6.45) is 1.78. The minimum atomic E-state index is -0.0599. The van der Waals surface area contributed by atoms with Crippen LogP contribution in [-0.4, -0.2) is 10.9 Å². The molecular weight excluding hydrogens is 212 g/mol. The SMILES string of the molecule is CC(=O)Nc1ccc(-c2cccnc2C)cc1. The Morgan fingerprint density at radius 2 is 1.88 bits per heavy atom. The molecule has 1 aromatic carbocycles. The van der Waals surface area contributed by atoms with Crippen LogP contribution in [0.25, 0.3) is 11.1 Å². The first-order chi connectivity index (χ1) is 8.16. The summed E-state index contributed by atoms with van der Waals surface area (Å²) >= 11 is 0. The number of carbonyl (C=O) groups excluding carboxylic acids is 1. The van der Waals surface area contributed by atoms with Crippen molar-refractivity contribution in [2.24, 2.45) is 0 Å². The summed E-state index contributed by atoms with van der Waals surface area (Å²) in [5.41, 5.74) is 4.02. The number of rotatable bonds is 2. The van der Waals surface area contributed by atoms with Gasteiger partial charge < -0.3 is 5.32 Å². The van der Waals surface area contributed by atoms with E-state index in [0.717, 1.165) is 22.5 Å². The Morgan fingerprint density at radius 3 is 2.47 bits per heavy atom. The number of hydrogen-bond acceptors (Lipinski definition) is 2. The molecule has 0 radical (unpaired) electrons. The van der Waals surface area contributed by atoms with Gasteiger partial charge in [0.05, 0.1) is 0 Å². The number of pyridine rings is 1.